The summed E-state index contributed by atoms with van der Waals surface area (Å²) in [6.07, 6.45) is 0.528. The summed E-state index contributed by atoms with van der Waals surface area (Å²) < 4.78 is 19.8. The molecule has 4 rings (SSSR count). The largest absolute Gasteiger partial charge is 0.491 e. The molecule has 0 amide bonds. The minimum atomic E-state index is -0.918. The number of nitrogens with zero attached hydrogens (tertiary/aromatic N) is 2. The molecule has 0 aliphatic heterocycles. The predicted molar refractivity (Wildman–Crippen MR) is 112 cm³/mol. The van der Waals surface area contributed by atoms with Crippen molar-refractivity contribution in [3.8, 4) is 16.9 Å². The fourth-order valence-corrected chi connectivity index (χ4v) is 3.95. The second kappa shape index (κ2) is 8.14. The van der Waals surface area contributed by atoms with E-state index in [0.29, 0.717) is 16.0 Å². The molecule has 4 aromatic rings. The van der Waals surface area contributed by atoms with Gasteiger partial charge in [0.05, 0.1) is 18.3 Å². The molecule has 0 fully saturated rings. The predicted octanol–water partition coefficient (Wildman–Crippen LogP) is 4.01. The third kappa shape index (κ3) is 4.21. The highest BCUT2D eigenvalue weighted by molar-refractivity contribution is 7.17. The van der Waals surface area contributed by atoms with Crippen molar-refractivity contribution in [1.82, 2.24) is 9.55 Å². The molecule has 29 heavy (non-hydrogen) atoms. The molecular formula is C22H19FN2O3S. The zero-order valence-corrected chi connectivity index (χ0v) is 16.5. The van der Waals surface area contributed by atoms with Gasteiger partial charge in [0, 0.05) is 10.9 Å². The van der Waals surface area contributed by atoms with Crippen molar-refractivity contribution in [3.05, 3.63) is 82.0 Å². The first-order chi connectivity index (χ1) is 14.0. The van der Waals surface area contributed by atoms with Crippen molar-refractivity contribution in [2.45, 2.75) is 19.6 Å². The molecule has 0 aliphatic rings. The number of aromatic nitrogens is 2. The van der Waals surface area contributed by atoms with Crippen molar-refractivity contribution >= 4 is 21.6 Å². The zero-order chi connectivity index (χ0) is 20.4. The van der Waals surface area contributed by atoms with E-state index in [0.717, 1.165) is 16.7 Å². The van der Waals surface area contributed by atoms with E-state index in [4.69, 9.17) is 4.74 Å². The van der Waals surface area contributed by atoms with Crippen LogP contribution < -0.4 is 10.3 Å². The van der Waals surface area contributed by atoms with E-state index >= 15 is 0 Å². The molecule has 0 bridgehead atoms. The number of rotatable bonds is 6. The number of benzene rings is 2. The lowest BCUT2D eigenvalue weighted by Gasteiger charge is -2.14. The average Bonchev–Trinajstić information content (AvgIpc) is 3.15. The highest BCUT2D eigenvalue weighted by Crippen LogP contribution is 2.30. The number of fused-ring (bicyclic) bond motifs is 1. The number of halogens is 1. The summed E-state index contributed by atoms with van der Waals surface area (Å²) in [5.41, 5.74) is 2.74. The summed E-state index contributed by atoms with van der Waals surface area (Å²) in [7, 11) is 0. The van der Waals surface area contributed by atoms with Crippen LogP contribution in [0.25, 0.3) is 21.3 Å². The van der Waals surface area contributed by atoms with Crippen LogP contribution in [0.3, 0.4) is 0 Å². The maximum Gasteiger partial charge on any atom is 0.262 e. The highest BCUT2D eigenvalue weighted by atomic mass is 32.1. The molecule has 148 valence electrons. The van der Waals surface area contributed by atoms with Crippen molar-refractivity contribution in [1.29, 1.82) is 0 Å². The van der Waals surface area contributed by atoms with Gasteiger partial charge in [0.2, 0.25) is 0 Å². The van der Waals surface area contributed by atoms with E-state index in [9.17, 15) is 14.3 Å². The second-order valence-electron chi connectivity index (χ2n) is 6.82. The van der Waals surface area contributed by atoms with Crippen molar-refractivity contribution in [2.75, 3.05) is 6.61 Å². The molecule has 1 N–H and O–H groups in total. The zero-order valence-electron chi connectivity index (χ0n) is 15.7. The Balaban J connectivity index is 1.55. The molecule has 0 radical (unpaired) electrons. The van der Waals surface area contributed by atoms with E-state index in [1.165, 1.54) is 46.5 Å². The van der Waals surface area contributed by atoms with Crippen molar-refractivity contribution < 1.29 is 14.2 Å². The van der Waals surface area contributed by atoms with Crippen LogP contribution in [0.4, 0.5) is 4.39 Å². The number of hydrogen-bond acceptors (Lipinski definition) is 5. The van der Waals surface area contributed by atoms with Gasteiger partial charge in [-0.05, 0) is 36.8 Å². The SMILES string of the molecule is Cc1ccc(-c2csc3ncn(C[C@@H](O)COc4ccc(F)cc4)c(=O)c23)cc1. The van der Waals surface area contributed by atoms with Gasteiger partial charge < -0.3 is 9.84 Å². The first-order valence-electron chi connectivity index (χ1n) is 9.11. The third-order valence-electron chi connectivity index (χ3n) is 4.59. The number of aliphatic hydroxyl groups excluding tert-OH is 1. The van der Waals surface area contributed by atoms with Gasteiger partial charge in [-0.3, -0.25) is 9.36 Å². The quantitative estimate of drug-likeness (QED) is 0.522. The van der Waals surface area contributed by atoms with Crippen LogP contribution in [0.2, 0.25) is 0 Å². The van der Waals surface area contributed by atoms with Gasteiger partial charge in [-0.25, -0.2) is 9.37 Å². The van der Waals surface area contributed by atoms with Crippen molar-refractivity contribution in [2.24, 2.45) is 0 Å². The molecule has 2 aromatic heterocycles. The highest BCUT2D eigenvalue weighted by Gasteiger charge is 2.15. The van der Waals surface area contributed by atoms with Crippen LogP contribution in [0.1, 0.15) is 5.56 Å². The number of aryl methyl sites for hydroxylation is 1. The fourth-order valence-electron chi connectivity index (χ4n) is 3.05. The third-order valence-corrected chi connectivity index (χ3v) is 5.47. The number of hydrogen-bond donors (Lipinski definition) is 1. The maximum atomic E-state index is 13.0. The smallest absolute Gasteiger partial charge is 0.262 e. The minimum absolute atomic E-state index is 0.0232. The Morgan fingerprint density at radius 1 is 1.17 bits per heavy atom. The summed E-state index contributed by atoms with van der Waals surface area (Å²) in [6, 6.07) is 13.5. The Bertz CT molecular complexity index is 1180. The van der Waals surface area contributed by atoms with Crippen molar-refractivity contribution in [3.63, 3.8) is 0 Å². The van der Waals surface area contributed by atoms with E-state index in [-0.39, 0.29) is 24.5 Å². The normalized spacial score (nSPS) is 12.2. The Kier molecular flexibility index (Phi) is 5.42. The first-order valence-corrected chi connectivity index (χ1v) is 9.99. The van der Waals surface area contributed by atoms with E-state index in [2.05, 4.69) is 4.98 Å². The van der Waals surface area contributed by atoms with Gasteiger partial charge in [-0.1, -0.05) is 29.8 Å². The van der Waals surface area contributed by atoms with Gasteiger partial charge in [0.15, 0.2) is 0 Å². The lowest BCUT2D eigenvalue weighted by Crippen LogP contribution is -2.30. The van der Waals surface area contributed by atoms with Crippen LogP contribution >= 0.6 is 11.3 Å². The lowest BCUT2D eigenvalue weighted by molar-refractivity contribution is 0.0914. The Morgan fingerprint density at radius 2 is 1.90 bits per heavy atom. The Hall–Kier alpha value is -3.03. The van der Waals surface area contributed by atoms with E-state index < -0.39 is 6.10 Å². The van der Waals surface area contributed by atoms with E-state index in [1.807, 2.05) is 36.6 Å². The topological polar surface area (TPSA) is 64.3 Å². The lowest BCUT2D eigenvalue weighted by atomic mass is 10.1. The summed E-state index contributed by atoms with van der Waals surface area (Å²) in [4.78, 5) is 18.1. The van der Waals surface area contributed by atoms with Gasteiger partial charge in [-0.15, -0.1) is 11.3 Å². The monoisotopic (exact) mass is 410 g/mol. The first kappa shape index (κ1) is 19.3. The van der Waals surface area contributed by atoms with Gasteiger partial charge in [0.1, 0.15) is 29.1 Å². The van der Waals surface area contributed by atoms with Crippen LogP contribution in [0.5, 0.6) is 5.75 Å². The van der Waals surface area contributed by atoms with Crippen LogP contribution in [0, 0.1) is 12.7 Å². The number of thiophene rings is 1. The van der Waals surface area contributed by atoms with Gasteiger partial charge in [-0.2, -0.15) is 0 Å². The molecular weight excluding hydrogens is 391 g/mol. The second-order valence-corrected chi connectivity index (χ2v) is 7.67. The molecule has 2 aromatic carbocycles. The molecule has 1 atom stereocenters. The van der Waals surface area contributed by atoms with Gasteiger partial charge >= 0.3 is 0 Å². The minimum Gasteiger partial charge on any atom is -0.491 e. The molecule has 0 saturated carbocycles. The molecule has 5 nitrogen and oxygen atoms in total. The number of aliphatic hydroxyl groups is 1. The Morgan fingerprint density at radius 3 is 2.62 bits per heavy atom. The average molecular weight is 410 g/mol. The molecule has 0 unspecified atom stereocenters. The van der Waals surface area contributed by atoms with Gasteiger partial charge in [0.25, 0.3) is 5.56 Å². The van der Waals surface area contributed by atoms with Crippen LogP contribution in [0.15, 0.2) is 65.0 Å². The van der Waals surface area contributed by atoms with Crippen LogP contribution in [-0.4, -0.2) is 27.4 Å². The molecule has 7 heteroatoms. The summed E-state index contributed by atoms with van der Waals surface area (Å²) in [5, 5.41) is 12.8. The Labute approximate surface area is 170 Å². The molecule has 0 spiro atoms. The molecule has 2 heterocycles. The standard InChI is InChI=1S/C22H19FN2O3S/c1-14-2-4-15(5-3-14)19-12-29-21-20(19)22(27)25(13-24-21)10-17(26)11-28-18-8-6-16(23)7-9-18/h2-9,12-13,17,26H,10-11H2,1H3/t17-/m1/s1. The maximum absolute atomic E-state index is 13.0. The summed E-state index contributed by atoms with van der Waals surface area (Å²) in [5.74, 6) is 0.0924. The molecule has 0 aliphatic carbocycles. The van der Waals surface area contributed by atoms with E-state index in [1.54, 1.807) is 0 Å². The van der Waals surface area contributed by atoms with Crippen LogP contribution in [-0.2, 0) is 6.54 Å². The summed E-state index contributed by atoms with van der Waals surface area (Å²) in [6.45, 7) is 2.04. The fraction of sp³-hybridized carbons (Fsp3) is 0.182. The summed E-state index contributed by atoms with van der Waals surface area (Å²) >= 11 is 1.42. The molecule has 0 saturated heterocycles. The number of ether oxygens (including phenoxy) is 1.